The lowest BCUT2D eigenvalue weighted by Gasteiger charge is -2.35. The van der Waals surface area contributed by atoms with Gasteiger partial charge in [-0.2, -0.15) is 0 Å². The zero-order valence-electron chi connectivity index (χ0n) is 13.3. The summed E-state index contributed by atoms with van der Waals surface area (Å²) < 4.78 is 11.5. The fourth-order valence-corrected chi connectivity index (χ4v) is 2.68. The van der Waals surface area contributed by atoms with Gasteiger partial charge < -0.3 is 19.7 Å². The zero-order valence-corrected chi connectivity index (χ0v) is 13.3. The van der Waals surface area contributed by atoms with Crippen molar-refractivity contribution in [3.05, 3.63) is 35.4 Å². The van der Waals surface area contributed by atoms with Crippen molar-refractivity contribution in [2.24, 2.45) is 5.41 Å². The minimum atomic E-state index is -1.03. The molecule has 1 heterocycles. The van der Waals surface area contributed by atoms with E-state index in [9.17, 15) is 9.59 Å². The maximum Gasteiger partial charge on any atom is 0.303 e. The summed E-state index contributed by atoms with van der Waals surface area (Å²) >= 11 is 0. The summed E-state index contributed by atoms with van der Waals surface area (Å²) in [6.07, 6.45) is -1.09. The van der Waals surface area contributed by atoms with Crippen molar-refractivity contribution in [2.75, 3.05) is 13.2 Å². The Balaban J connectivity index is 2.27. The molecule has 0 radical (unpaired) electrons. The minimum Gasteiger partial charge on any atom is -0.481 e. The van der Waals surface area contributed by atoms with Gasteiger partial charge in [-0.05, 0) is 5.56 Å². The van der Waals surface area contributed by atoms with E-state index in [1.165, 1.54) is 0 Å². The van der Waals surface area contributed by atoms with Gasteiger partial charge in [0.25, 0.3) is 0 Å². The first-order valence-corrected chi connectivity index (χ1v) is 7.54. The van der Waals surface area contributed by atoms with Crippen LogP contribution in [0.2, 0.25) is 0 Å². The fraction of sp³-hybridized carbons (Fsp3) is 0.529. The van der Waals surface area contributed by atoms with Gasteiger partial charge in [-0.3, -0.25) is 9.59 Å². The molecule has 6 heteroatoms. The monoisotopic (exact) mass is 322 g/mol. The molecule has 0 unspecified atom stereocenters. The predicted octanol–water partition coefficient (Wildman–Crippen LogP) is 2.79. The molecule has 1 fully saturated rings. The first-order chi connectivity index (χ1) is 10.8. The molecule has 1 aliphatic rings. The van der Waals surface area contributed by atoms with Crippen molar-refractivity contribution in [3.8, 4) is 0 Å². The van der Waals surface area contributed by atoms with E-state index >= 15 is 0 Å². The van der Waals surface area contributed by atoms with E-state index in [1.807, 2.05) is 19.9 Å². The van der Waals surface area contributed by atoms with E-state index in [0.29, 0.717) is 24.3 Å². The Labute approximate surface area is 135 Å². The lowest BCUT2D eigenvalue weighted by Crippen LogP contribution is -2.34. The zero-order chi connectivity index (χ0) is 17.0. The number of hydrogen-bond donors (Lipinski definition) is 2. The average molecular weight is 322 g/mol. The molecular formula is C17H22O6. The Morgan fingerprint density at radius 3 is 2.17 bits per heavy atom. The van der Waals surface area contributed by atoms with Crippen LogP contribution >= 0.6 is 0 Å². The quantitative estimate of drug-likeness (QED) is 0.836. The summed E-state index contributed by atoms with van der Waals surface area (Å²) in [5.41, 5.74) is 1.28. The Hall–Kier alpha value is -1.92. The van der Waals surface area contributed by atoms with Crippen LogP contribution in [-0.2, 0) is 19.1 Å². The van der Waals surface area contributed by atoms with Crippen molar-refractivity contribution in [1.82, 2.24) is 0 Å². The van der Waals surface area contributed by atoms with Crippen LogP contribution in [0.1, 0.15) is 50.0 Å². The third kappa shape index (κ3) is 4.77. The van der Waals surface area contributed by atoms with Gasteiger partial charge in [-0.25, -0.2) is 0 Å². The fourth-order valence-electron chi connectivity index (χ4n) is 2.68. The number of hydrogen-bond acceptors (Lipinski definition) is 4. The van der Waals surface area contributed by atoms with Crippen molar-refractivity contribution in [3.63, 3.8) is 0 Å². The van der Waals surface area contributed by atoms with Crippen LogP contribution in [0.25, 0.3) is 0 Å². The Morgan fingerprint density at radius 1 is 1.13 bits per heavy atom. The van der Waals surface area contributed by atoms with E-state index in [4.69, 9.17) is 19.7 Å². The molecule has 0 saturated carbocycles. The van der Waals surface area contributed by atoms with Gasteiger partial charge in [0.15, 0.2) is 6.29 Å². The normalized spacial score (nSPS) is 18.0. The highest BCUT2D eigenvalue weighted by molar-refractivity contribution is 5.72. The van der Waals surface area contributed by atoms with Crippen molar-refractivity contribution in [1.29, 1.82) is 0 Å². The molecule has 0 atom stereocenters. The van der Waals surface area contributed by atoms with Crippen LogP contribution < -0.4 is 0 Å². The maximum atomic E-state index is 11.1. The summed E-state index contributed by atoms with van der Waals surface area (Å²) in [6, 6.07) is 7.12. The third-order valence-electron chi connectivity index (χ3n) is 3.78. The smallest absolute Gasteiger partial charge is 0.303 e. The van der Waals surface area contributed by atoms with E-state index in [1.54, 1.807) is 18.2 Å². The van der Waals surface area contributed by atoms with Gasteiger partial charge in [0, 0.05) is 16.9 Å². The molecule has 1 aliphatic heterocycles. The second-order valence-corrected chi connectivity index (χ2v) is 6.64. The number of carboxylic acids is 2. The summed E-state index contributed by atoms with van der Waals surface area (Å²) in [6.45, 7) is 5.11. The Bertz CT molecular complexity index is 554. The van der Waals surface area contributed by atoms with Gasteiger partial charge in [0.05, 0.1) is 26.1 Å². The molecule has 1 aromatic rings. The lowest BCUT2D eigenvalue weighted by atomic mass is 9.88. The van der Waals surface area contributed by atoms with Gasteiger partial charge >= 0.3 is 11.9 Å². The topological polar surface area (TPSA) is 93.1 Å². The van der Waals surface area contributed by atoms with E-state index in [0.717, 1.165) is 0 Å². The summed E-state index contributed by atoms with van der Waals surface area (Å²) in [7, 11) is 0. The summed E-state index contributed by atoms with van der Waals surface area (Å²) in [5, 5.41) is 18.1. The molecule has 0 bridgehead atoms. The molecule has 2 rings (SSSR count). The van der Waals surface area contributed by atoms with E-state index < -0.39 is 24.1 Å². The van der Waals surface area contributed by atoms with Crippen LogP contribution in [0.4, 0.5) is 0 Å². The summed E-state index contributed by atoms with van der Waals surface area (Å²) in [5.74, 6) is -2.68. The van der Waals surface area contributed by atoms with Crippen LogP contribution in [0.5, 0.6) is 0 Å². The molecule has 0 aromatic heterocycles. The molecule has 0 aliphatic carbocycles. The number of aliphatic carboxylic acids is 2. The van der Waals surface area contributed by atoms with Crippen molar-refractivity contribution < 1.29 is 29.3 Å². The molecule has 6 nitrogen and oxygen atoms in total. The molecule has 126 valence electrons. The molecule has 1 aromatic carbocycles. The van der Waals surface area contributed by atoms with Crippen LogP contribution in [0.3, 0.4) is 0 Å². The number of carboxylic acid groups (broad SMARTS) is 2. The van der Waals surface area contributed by atoms with Gasteiger partial charge in [-0.15, -0.1) is 0 Å². The van der Waals surface area contributed by atoms with Gasteiger partial charge in [-0.1, -0.05) is 38.1 Å². The number of benzene rings is 1. The molecule has 0 spiro atoms. The maximum absolute atomic E-state index is 11.1. The number of ether oxygens (including phenoxy) is 2. The molecular weight excluding hydrogens is 300 g/mol. The van der Waals surface area contributed by atoms with Crippen molar-refractivity contribution >= 4 is 11.9 Å². The largest absolute Gasteiger partial charge is 0.481 e. The predicted molar refractivity (Wildman–Crippen MR) is 82.1 cm³/mol. The number of carbonyl (C=O) groups is 2. The third-order valence-corrected chi connectivity index (χ3v) is 3.78. The summed E-state index contributed by atoms with van der Waals surface area (Å²) in [4.78, 5) is 22.2. The first-order valence-electron chi connectivity index (χ1n) is 7.54. The van der Waals surface area contributed by atoms with E-state index in [-0.39, 0.29) is 18.3 Å². The highest BCUT2D eigenvalue weighted by atomic mass is 16.7. The highest BCUT2D eigenvalue weighted by Gasteiger charge is 2.32. The minimum absolute atomic E-state index is 0.0764. The SMILES string of the molecule is CC1(C)COC(c2ccccc2C(CC(=O)O)CC(=O)O)OC1. The number of rotatable bonds is 6. The van der Waals surface area contributed by atoms with E-state index in [2.05, 4.69) is 0 Å². The standard InChI is InChI=1S/C17H22O6/c1-17(2)9-22-16(23-10-17)13-6-4-3-5-12(13)11(7-14(18)19)8-15(20)21/h3-6,11,16H,7-10H2,1-2H3,(H,18,19)(H,20,21). The second-order valence-electron chi connectivity index (χ2n) is 6.64. The van der Waals surface area contributed by atoms with Gasteiger partial charge in [0.1, 0.15) is 0 Å². The average Bonchev–Trinajstić information content (AvgIpc) is 2.46. The van der Waals surface area contributed by atoms with Crippen LogP contribution in [0, 0.1) is 5.41 Å². The lowest BCUT2D eigenvalue weighted by molar-refractivity contribution is -0.226. The second kappa shape index (κ2) is 7.10. The van der Waals surface area contributed by atoms with Gasteiger partial charge in [0.2, 0.25) is 0 Å². The van der Waals surface area contributed by atoms with Crippen LogP contribution in [0.15, 0.2) is 24.3 Å². The Kier molecular flexibility index (Phi) is 5.38. The first kappa shape index (κ1) is 17.4. The highest BCUT2D eigenvalue weighted by Crippen LogP contribution is 2.36. The molecule has 0 amide bonds. The van der Waals surface area contributed by atoms with Crippen molar-refractivity contribution in [2.45, 2.75) is 38.9 Å². The molecule has 23 heavy (non-hydrogen) atoms. The van der Waals surface area contributed by atoms with Crippen LogP contribution in [-0.4, -0.2) is 35.4 Å². The molecule has 1 saturated heterocycles. The Morgan fingerprint density at radius 2 is 1.65 bits per heavy atom. The molecule has 2 N–H and O–H groups in total.